The van der Waals surface area contributed by atoms with Gasteiger partial charge in [0.05, 0.1) is 12.5 Å². The molecule has 1 aromatic heterocycles. The normalized spacial score (nSPS) is 17.0. The summed E-state index contributed by atoms with van der Waals surface area (Å²) >= 11 is 6.19. The van der Waals surface area contributed by atoms with Gasteiger partial charge in [-0.05, 0) is 75.5 Å². The molecule has 0 N–H and O–H groups in total. The number of hydrogen-bond donors (Lipinski definition) is 0. The average molecular weight is 432 g/mol. The molecule has 0 atom stereocenters. The number of rotatable bonds is 5. The van der Waals surface area contributed by atoms with Gasteiger partial charge in [-0.2, -0.15) is 5.10 Å². The fraction of sp³-hybridized carbons (Fsp3) is 0.0455. The third-order valence-corrected chi connectivity index (χ3v) is 4.15. The van der Waals surface area contributed by atoms with Crippen molar-refractivity contribution in [1.82, 2.24) is 14.8 Å². The zero-order valence-corrected chi connectivity index (χ0v) is 16.8. The first kappa shape index (κ1) is 22.9. The van der Waals surface area contributed by atoms with Crippen molar-refractivity contribution in [3.63, 3.8) is 0 Å². The Morgan fingerprint density at radius 2 is 1.64 bits per heavy atom. The SMILES string of the molecule is O=C([C]1[CH][CH][CH][CH]1)/C(=C/c1ccccc1Cl)Cn1cncn1.[CH]1[CH][CH][CH][CH]1.[Fe+2]. The summed E-state index contributed by atoms with van der Waals surface area (Å²) in [5.74, 6) is 0.610. The zero-order chi connectivity index (χ0) is 18.9. The fourth-order valence-electron chi connectivity index (χ4n) is 2.48. The molecule has 2 aromatic rings. The maximum atomic E-state index is 12.7. The van der Waals surface area contributed by atoms with E-state index in [0.717, 1.165) is 5.56 Å². The molecule has 28 heavy (non-hydrogen) atoms. The molecule has 4 rings (SSSR count). The quantitative estimate of drug-likeness (QED) is 0.531. The van der Waals surface area contributed by atoms with Crippen LogP contribution in [0.3, 0.4) is 0 Å². The van der Waals surface area contributed by atoms with Crippen LogP contribution < -0.4 is 0 Å². The van der Waals surface area contributed by atoms with Crippen molar-refractivity contribution >= 4 is 23.5 Å². The molecule has 0 aliphatic heterocycles. The molecule has 0 spiro atoms. The maximum Gasteiger partial charge on any atom is 2.00 e. The molecular weight excluding hydrogens is 414 g/mol. The van der Waals surface area contributed by atoms with Crippen molar-refractivity contribution in [2.24, 2.45) is 0 Å². The standard InChI is InChI=1S/C17H13ClN3O.C5H5.Fe/c18-16-8-4-3-7-14(16)9-15(10-21-12-19-11-20-21)17(22)13-5-1-2-6-13;1-2-4-5-3-1;/h1-9,11-12H,10H2;1-5H;/q;;+2/b15-9+;;. The third kappa shape index (κ3) is 6.88. The molecule has 2 fully saturated rings. The van der Waals surface area contributed by atoms with Crippen molar-refractivity contribution in [2.75, 3.05) is 0 Å². The molecule has 6 heteroatoms. The van der Waals surface area contributed by atoms with Crippen LogP contribution in [0.15, 0.2) is 42.5 Å². The van der Waals surface area contributed by atoms with Crippen LogP contribution in [0.25, 0.3) is 6.08 Å². The predicted molar refractivity (Wildman–Crippen MR) is 106 cm³/mol. The number of Topliss-reactive ketones (excluding diaryl/α,β-unsaturated/α-hetero) is 1. The minimum Gasteiger partial charge on any atom is -0.294 e. The number of carbonyl (C=O) groups is 1. The van der Waals surface area contributed by atoms with Crippen molar-refractivity contribution in [1.29, 1.82) is 0 Å². The first-order chi connectivity index (χ1) is 13.2. The summed E-state index contributed by atoms with van der Waals surface area (Å²) < 4.78 is 1.61. The smallest absolute Gasteiger partial charge is 0.294 e. The Morgan fingerprint density at radius 1 is 1.00 bits per heavy atom. The van der Waals surface area contributed by atoms with Crippen LogP contribution in [-0.4, -0.2) is 20.5 Å². The first-order valence-electron chi connectivity index (χ1n) is 8.44. The summed E-state index contributed by atoms with van der Waals surface area (Å²) in [5, 5.41) is 4.67. The van der Waals surface area contributed by atoms with Gasteiger partial charge in [0.25, 0.3) is 0 Å². The minimum atomic E-state index is -0.0413. The summed E-state index contributed by atoms with van der Waals surface area (Å²) in [6, 6.07) is 7.42. The van der Waals surface area contributed by atoms with E-state index in [1.165, 1.54) is 6.33 Å². The van der Waals surface area contributed by atoms with Crippen LogP contribution in [0.4, 0.5) is 0 Å². The molecule has 1 heterocycles. The van der Waals surface area contributed by atoms with Gasteiger partial charge in [0.1, 0.15) is 12.7 Å². The Morgan fingerprint density at radius 3 is 2.21 bits per heavy atom. The third-order valence-electron chi connectivity index (χ3n) is 3.81. The molecule has 2 aliphatic carbocycles. The monoisotopic (exact) mass is 431 g/mol. The van der Waals surface area contributed by atoms with Crippen molar-refractivity contribution in [3.8, 4) is 0 Å². The van der Waals surface area contributed by atoms with Crippen LogP contribution in [0, 0.1) is 63.7 Å². The summed E-state index contributed by atoms with van der Waals surface area (Å²) in [7, 11) is 0. The topological polar surface area (TPSA) is 47.8 Å². The summed E-state index contributed by atoms with van der Waals surface area (Å²) in [5.41, 5.74) is 1.41. The molecule has 2 aliphatic rings. The van der Waals surface area contributed by atoms with Gasteiger partial charge in [0.15, 0.2) is 5.78 Å². The molecule has 2 saturated carbocycles. The average Bonchev–Trinajstić information content (AvgIpc) is 3.46. The fourth-order valence-corrected chi connectivity index (χ4v) is 2.67. The zero-order valence-electron chi connectivity index (χ0n) is 14.9. The summed E-state index contributed by atoms with van der Waals surface area (Å²) in [6.07, 6.45) is 22.1. The Labute approximate surface area is 183 Å². The van der Waals surface area contributed by atoms with E-state index >= 15 is 0 Å². The van der Waals surface area contributed by atoms with E-state index < -0.39 is 0 Å². The largest absolute Gasteiger partial charge is 2.00 e. The van der Waals surface area contributed by atoms with Crippen LogP contribution in [0.2, 0.25) is 5.02 Å². The van der Waals surface area contributed by atoms with Gasteiger partial charge in [0.2, 0.25) is 0 Å². The number of ketones is 1. The molecule has 0 amide bonds. The van der Waals surface area contributed by atoms with Gasteiger partial charge >= 0.3 is 17.1 Å². The minimum absolute atomic E-state index is 0. The summed E-state index contributed by atoms with van der Waals surface area (Å²) in [6.45, 7) is 0.342. The number of halogens is 1. The Hall–Kier alpha value is -1.42. The van der Waals surface area contributed by atoms with E-state index in [2.05, 4.69) is 10.1 Å². The van der Waals surface area contributed by atoms with E-state index in [9.17, 15) is 4.79 Å². The van der Waals surface area contributed by atoms with Crippen molar-refractivity contribution < 1.29 is 21.9 Å². The second kappa shape index (κ2) is 12.2. The predicted octanol–water partition coefficient (Wildman–Crippen LogP) is 4.01. The first-order valence-corrected chi connectivity index (χ1v) is 8.82. The molecule has 1 aromatic carbocycles. The number of hydrogen-bond acceptors (Lipinski definition) is 3. The molecule has 0 saturated heterocycles. The molecular formula is C22H18ClFeN3O+2. The van der Waals surface area contributed by atoms with Gasteiger partial charge in [-0.3, -0.25) is 4.79 Å². The van der Waals surface area contributed by atoms with Crippen molar-refractivity contribution in [3.05, 3.63) is 117 Å². The number of carbonyl (C=O) groups excluding carboxylic acids is 1. The van der Waals surface area contributed by atoms with E-state index in [0.29, 0.717) is 23.1 Å². The van der Waals surface area contributed by atoms with Gasteiger partial charge in [-0.15, -0.1) is 0 Å². The second-order valence-corrected chi connectivity index (χ2v) is 6.16. The van der Waals surface area contributed by atoms with E-state index in [-0.39, 0.29) is 22.9 Å². The van der Waals surface area contributed by atoms with Crippen LogP contribution >= 0.6 is 11.6 Å². The molecule has 0 unspecified atom stereocenters. The second-order valence-electron chi connectivity index (χ2n) is 5.75. The van der Waals surface area contributed by atoms with Crippen LogP contribution in [0.5, 0.6) is 0 Å². The molecule has 0 bridgehead atoms. The molecule has 10 radical (unpaired) electrons. The van der Waals surface area contributed by atoms with Gasteiger partial charge in [-0.25, -0.2) is 9.67 Å². The van der Waals surface area contributed by atoms with Gasteiger partial charge < -0.3 is 0 Å². The number of benzene rings is 1. The van der Waals surface area contributed by atoms with E-state index in [1.807, 2.05) is 63.1 Å². The number of allylic oxidation sites excluding steroid dienone is 1. The van der Waals surface area contributed by atoms with E-state index in [4.69, 9.17) is 11.6 Å². The maximum absolute atomic E-state index is 12.7. The number of aromatic nitrogens is 3. The summed E-state index contributed by atoms with van der Waals surface area (Å²) in [4.78, 5) is 16.6. The van der Waals surface area contributed by atoms with E-state index in [1.54, 1.807) is 36.0 Å². The van der Waals surface area contributed by atoms with Crippen LogP contribution in [0.1, 0.15) is 5.56 Å². The van der Waals surface area contributed by atoms with Gasteiger partial charge in [0, 0.05) is 10.6 Å². The van der Waals surface area contributed by atoms with Crippen molar-refractivity contribution in [2.45, 2.75) is 6.54 Å². The van der Waals surface area contributed by atoms with Gasteiger partial charge in [-0.1, -0.05) is 29.8 Å². The van der Waals surface area contributed by atoms with Crippen LogP contribution in [-0.2, 0) is 28.4 Å². The Balaban J connectivity index is 0.000000408. The number of nitrogens with zero attached hydrogens (tertiary/aromatic N) is 3. The molecule has 140 valence electrons. The Kier molecular flexibility index (Phi) is 9.97. The Bertz CT molecular complexity index is 743. The molecule has 4 nitrogen and oxygen atoms in total.